The average Bonchev–Trinajstić information content (AvgIpc) is 2.63. The number of nitrogens with two attached hydrogens (primary N) is 1. The number of hydrogen-bond donors (Lipinski definition) is 1. The van der Waals surface area contributed by atoms with Gasteiger partial charge in [0.25, 0.3) is 0 Å². The summed E-state index contributed by atoms with van der Waals surface area (Å²) in [5.41, 5.74) is 8.48. The summed E-state index contributed by atoms with van der Waals surface area (Å²) < 4.78 is 12.0. The average molecular weight is 247 g/mol. The molecule has 1 saturated heterocycles. The highest BCUT2D eigenvalue weighted by atomic mass is 16.5. The quantitative estimate of drug-likeness (QED) is 0.829. The van der Waals surface area contributed by atoms with E-state index in [9.17, 15) is 0 Å². The summed E-state index contributed by atoms with van der Waals surface area (Å²) in [4.78, 5) is 0. The molecule has 1 aromatic rings. The first-order chi connectivity index (χ1) is 8.57. The molecule has 0 aliphatic carbocycles. The van der Waals surface area contributed by atoms with E-state index in [4.69, 9.17) is 15.2 Å². The Balaban J connectivity index is 1.97. The lowest BCUT2D eigenvalue weighted by Crippen LogP contribution is -2.34. The zero-order valence-electron chi connectivity index (χ0n) is 11.1. The second kappa shape index (κ2) is 4.25. The second-order valence-corrected chi connectivity index (χ2v) is 5.97. The van der Waals surface area contributed by atoms with Gasteiger partial charge < -0.3 is 15.2 Å². The minimum atomic E-state index is -0.114. The molecule has 2 N–H and O–H groups in total. The molecular weight excluding hydrogens is 226 g/mol. The summed E-state index contributed by atoms with van der Waals surface area (Å²) in [6.07, 6.45) is 3.03. The van der Waals surface area contributed by atoms with E-state index in [-0.39, 0.29) is 17.7 Å². The molecule has 3 heteroatoms. The van der Waals surface area contributed by atoms with Crippen LogP contribution in [0.15, 0.2) is 18.2 Å². The zero-order chi connectivity index (χ0) is 12.8. The lowest BCUT2D eigenvalue weighted by Gasteiger charge is -2.30. The highest BCUT2D eigenvalue weighted by molar-refractivity contribution is 5.47. The lowest BCUT2D eigenvalue weighted by atomic mass is 9.93. The predicted molar refractivity (Wildman–Crippen MR) is 70.8 cm³/mol. The van der Waals surface area contributed by atoms with Crippen molar-refractivity contribution in [3.8, 4) is 5.75 Å². The van der Waals surface area contributed by atoms with Gasteiger partial charge in [0.05, 0.1) is 0 Å². The molecule has 0 radical (unpaired) electrons. The van der Waals surface area contributed by atoms with Gasteiger partial charge in [-0.1, -0.05) is 18.2 Å². The van der Waals surface area contributed by atoms with Crippen LogP contribution in [-0.2, 0) is 11.2 Å². The molecule has 2 aliphatic heterocycles. The lowest BCUT2D eigenvalue weighted by molar-refractivity contribution is -0.00252. The highest BCUT2D eigenvalue weighted by Gasteiger charge is 2.35. The largest absolute Gasteiger partial charge is 0.487 e. The Bertz CT molecular complexity index is 456. The molecule has 2 aliphatic rings. The SMILES string of the molecule is CC1(C)Cc2cccc(C3OCCCC3N)c2O1. The normalized spacial score (nSPS) is 29.7. The minimum Gasteiger partial charge on any atom is -0.487 e. The van der Waals surface area contributed by atoms with Gasteiger partial charge in [0, 0.05) is 24.6 Å². The maximum Gasteiger partial charge on any atom is 0.129 e. The van der Waals surface area contributed by atoms with Crippen LogP contribution in [0.3, 0.4) is 0 Å². The summed E-state index contributed by atoms with van der Waals surface area (Å²) in [5.74, 6) is 1.00. The number of ether oxygens (including phenoxy) is 2. The van der Waals surface area contributed by atoms with Crippen molar-refractivity contribution in [3.63, 3.8) is 0 Å². The van der Waals surface area contributed by atoms with Crippen LogP contribution in [0, 0.1) is 0 Å². The van der Waals surface area contributed by atoms with Crippen LogP contribution in [0.4, 0.5) is 0 Å². The Morgan fingerprint density at radius 3 is 2.94 bits per heavy atom. The van der Waals surface area contributed by atoms with E-state index < -0.39 is 0 Å². The zero-order valence-corrected chi connectivity index (χ0v) is 11.1. The molecule has 1 aromatic carbocycles. The van der Waals surface area contributed by atoms with Gasteiger partial charge in [-0.25, -0.2) is 0 Å². The molecule has 2 atom stereocenters. The van der Waals surface area contributed by atoms with Crippen molar-refractivity contribution >= 4 is 0 Å². The number of fused-ring (bicyclic) bond motifs is 1. The smallest absolute Gasteiger partial charge is 0.129 e. The van der Waals surface area contributed by atoms with Crippen molar-refractivity contribution in [3.05, 3.63) is 29.3 Å². The summed E-state index contributed by atoms with van der Waals surface area (Å²) in [6.45, 7) is 5.04. The third kappa shape index (κ3) is 2.02. The van der Waals surface area contributed by atoms with Crippen molar-refractivity contribution in [2.45, 2.75) is 50.9 Å². The molecule has 0 bridgehead atoms. The van der Waals surface area contributed by atoms with E-state index in [1.807, 2.05) is 0 Å². The molecule has 0 saturated carbocycles. The first-order valence-electron chi connectivity index (χ1n) is 6.75. The van der Waals surface area contributed by atoms with Crippen molar-refractivity contribution < 1.29 is 9.47 Å². The molecule has 2 unspecified atom stereocenters. The Morgan fingerprint density at radius 1 is 1.33 bits per heavy atom. The van der Waals surface area contributed by atoms with E-state index in [0.29, 0.717) is 0 Å². The fraction of sp³-hybridized carbons (Fsp3) is 0.600. The van der Waals surface area contributed by atoms with Crippen molar-refractivity contribution in [2.24, 2.45) is 5.73 Å². The van der Waals surface area contributed by atoms with Crippen LogP contribution in [0.2, 0.25) is 0 Å². The second-order valence-electron chi connectivity index (χ2n) is 5.97. The van der Waals surface area contributed by atoms with Crippen molar-refractivity contribution in [2.75, 3.05) is 6.61 Å². The van der Waals surface area contributed by atoms with E-state index in [1.165, 1.54) is 5.56 Å². The maximum absolute atomic E-state index is 6.19. The van der Waals surface area contributed by atoms with Gasteiger partial charge in [-0.3, -0.25) is 0 Å². The van der Waals surface area contributed by atoms with Crippen LogP contribution < -0.4 is 10.5 Å². The Kier molecular flexibility index (Phi) is 2.83. The summed E-state index contributed by atoms with van der Waals surface area (Å²) >= 11 is 0. The predicted octanol–water partition coefficient (Wildman–Crippen LogP) is 2.58. The molecular formula is C15H21NO2. The third-order valence-corrected chi connectivity index (χ3v) is 3.80. The number of para-hydroxylation sites is 1. The molecule has 0 amide bonds. The van der Waals surface area contributed by atoms with Crippen LogP contribution in [-0.4, -0.2) is 18.2 Å². The van der Waals surface area contributed by atoms with Crippen LogP contribution in [0.1, 0.15) is 43.9 Å². The molecule has 0 spiro atoms. The van der Waals surface area contributed by atoms with Crippen LogP contribution >= 0.6 is 0 Å². The third-order valence-electron chi connectivity index (χ3n) is 3.80. The fourth-order valence-corrected chi connectivity index (χ4v) is 2.99. The summed E-state index contributed by atoms with van der Waals surface area (Å²) in [7, 11) is 0. The first-order valence-corrected chi connectivity index (χ1v) is 6.75. The molecule has 98 valence electrons. The molecule has 3 nitrogen and oxygen atoms in total. The Morgan fingerprint density at radius 2 is 2.17 bits per heavy atom. The first kappa shape index (κ1) is 12.0. The molecule has 2 heterocycles. The molecule has 0 aromatic heterocycles. The number of hydrogen-bond acceptors (Lipinski definition) is 3. The van der Waals surface area contributed by atoms with Gasteiger partial charge in [0.1, 0.15) is 17.5 Å². The monoisotopic (exact) mass is 247 g/mol. The maximum atomic E-state index is 6.19. The van der Waals surface area contributed by atoms with Crippen LogP contribution in [0.5, 0.6) is 5.75 Å². The highest BCUT2D eigenvalue weighted by Crippen LogP contribution is 2.42. The van der Waals surface area contributed by atoms with E-state index in [2.05, 4.69) is 32.0 Å². The minimum absolute atomic E-state index is 0.0115. The van der Waals surface area contributed by atoms with Crippen molar-refractivity contribution in [1.82, 2.24) is 0 Å². The fourth-order valence-electron chi connectivity index (χ4n) is 2.99. The Labute approximate surface area is 108 Å². The molecule has 18 heavy (non-hydrogen) atoms. The Hall–Kier alpha value is -1.06. The van der Waals surface area contributed by atoms with Gasteiger partial charge in [0.2, 0.25) is 0 Å². The summed E-state index contributed by atoms with van der Waals surface area (Å²) in [6, 6.07) is 6.40. The van der Waals surface area contributed by atoms with Gasteiger partial charge in [-0.2, -0.15) is 0 Å². The van der Waals surface area contributed by atoms with E-state index in [0.717, 1.165) is 37.2 Å². The molecule has 3 rings (SSSR count). The van der Waals surface area contributed by atoms with E-state index in [1.54, 1.807) is 0 Å². The van der Waals surface area contributed by atoms with Gasteiger partial charge >= 0.3 is 0 Å². The summed E-state index contributed by atoms with van der Waals surface area (Å²) in [5, 5.41) is 0. The van der Waals surface area contributed by atoms with Gasteiger partial charge in [0.15, 0.2) is 0 Å². The van der Waals surface area contributed by atoms with E-state index >= 15 is 0 Å². The topological polar surface area (TPSA) is 44.5 Å². The van der Waals surface area contributed by atoms with Gasteiger partial charge in [-0.05, 0) is 32.3 Å². The number of benzene rings is 1. The molecule has 1 fully saturated rings. The number of rotatable bonds is 1. The standard InChI is InChI=1S/C15H21NO2/c1-15(2)9-10-5-3-6-11(13(10)18-15)14-12(16)7-4-8-17-14/h3,5-6,12,14H,4,7-9,16H2,1-2H3. The van der Waals surface area contributed by atoms with Crippen LogP contribution in [0.25, 0.3) is 0 Å². The van der Waals surface area contributed by atoms with Gasteiger partial charge in [-0.15, -0.1) is 0 Å². The van der Waals surface area contributed by atoms with Crippen molar-refractivity contribution in [1.29, 1.82) is 0 Å².